The van der Waals surface area contributed by atoms with E-state index in [0.717, 1.165) is 12.8 Å². The number of hydrogen-bond acceptors (Lipinski definition) is 2. The van der Waals surface area contributed by atoms with Crippen molar-refractivity contribution in [1.82, 2.24) is 4.72 Å². The summed E-state index contributed by atoms with van der Waals surface area (Å²) in [4.78, 5) is 0.119. The van der Waals surface area contributed by atoms with Crippen molar-refractivity contribution in [1.29, 1.82) is 0 Å². The minimum Gasteiger partial charge on any atom is -0.212 e. The zero-order chi connectivity index (χ0) is 10.3. The molecule has 0 amide bonds. The van der Waals surface area contributed by atoms with Crippen molar-refractivity contribution in [2.75, 3.05) is 0 Å². The van der Waals surface area contributed by atoms with E-state index in [1.165, 1.54) is 0 Å². The predicted molar refractivity (Wildman–Crippen MR) is 57.5 cm³/mol. The third-order valence-electron chi connectivity index (χ3n) is 2.36. The second-order valence-electron chi connectivity index (χ2n) is 4.18. The fourth-order valence-corrected chi connectivity index (χ4v) is 3.01. The monoisotopic (exact) mass is 269 g/mol. The lowest BCUT2D eigenvalue weighted by Gasteiger charge is -2.28. The molecule has 1 saturated carbocycles. The van der Waals surface area contributed by atoms with Gasteiger partial charge in [-0.25, -0.2) is 13.1 Å². The molecule has 13 heavy (non-hydrogen) atoms. The number of rotatable bonds is 4. The summed E-state index contributed by atoms with van der Waals surface area (Å²) in [5, 5.41) is -0.141. The highest BCUT2D eigenvalue weighted by atomic mass is 79.9. The molecular weight excluding hydrogens is 254 g/mol. The largest absolute Gasteiger partial charge is 0.215 e. The van der Waals surface area contributed by atoms with E-state index < -0.39 is 15.6 Å². The predicted octanol–water partition coefficient (Wildman–Crippen LogP) is 1.63. The molecule has 3 nitrogen and oxygen atoms in total. The lowest BCUT2D eigenvalue weighted by molar-refractivity contribution is 0.453. The molecule has 0 aliphatic heterocycles. The Kier molecular flexibility index (Phi) is 3.10. The summed E-state index contributed by atoms with van der Waals surface area (Å²) in [6.45, 7) is 5.70. The Morgan fingerprint density at radius 2 is 1.92 bits per heavy atom. The molecule has 1 rings (SSSR count). The van der Waals surface area contributed by atoms with Crippen LogP contribution in [0.4, 0.5) is 0 Å². The third-order valence-corrected chi connectivity index (χ3v) is 5.67. The van der Waals surface area contributed by atoms with E-state index in [2.05, 4.69) is 20.7 Å². The maximum Gasteiger partial charge on any atom is 0.215 e. The van der Waals surface area contributed by atoms with Crippen molar-refractivity contribution < 1.29 is 8.42 Å². The van der Waals surface area contributed by atoms with Crippen molar-refractivity contribution in [3.8, 4) is 0 Å². The Hall–Kier alpha value is 0.390. The molecule has 0 aromatic heterocycles. The summed E-state index contributed by atoms with van der Waals surface area (Å²) >= 11 is 3.39. The van der Waals surface area contributed by atoms with Crippen LogP contribution in [-0.2, 0) is 10.0 Å². The summed E-state index contributed by atoms with van der Waals surface area (Å²) in [7, 11) is -3.07. The first-order valence-corrected chi connectivity index (χ1v) is 6.89. The third kappa shape index (κ3) is 2.92. The van der Waals surface area contributed by atoms with Gasteiger partial charge in [-0.3, -0.25) is 0 Å². The van der Waals surface area contributed by atoms with E-state index in [9.17, 15) is 8.42 Å². The van der Waals surface area contributed by atoms with Crippen LogP contribution in [0.15, 0.2) is 0 Å². The summed E-state index contributed by atoms with van der Waals surface area (Å²) in [5.41, 5.74) is -0.415. The first-order chi connectivity index (χ1) is 5.76. The Bertz CT molecular complexity index is 281. The van der Waals surface area contributed by atoms with Gasteiger partial charge in [0.1, 0.15) is 0 Å². The van der Waals surface area contributed by atoms with Crippen LogP contribution >= 0.6 is 15.9 Å². The minimum atomic E-state index is -3.07. The van der Waals surface area contributed by atoms with Gasteiger partial charge in [-0.05, 0) is 26.7 Å². The number of sulfonamides is 1. The van der Waals surface area contributed by atoms with Gasteiger partial charge in [0.15, 0.2) is 0 Å². The number of alkyl halides is 1. The molecule has 0 aromatic rings. The molecule has 1 unspecified atom stereocenters. The van der Waals surface area contributed by atoms with Gasteiger partial charge < -0.3 is 0 Å². The topological polar surface area (TPSA) is 46.2 Å². The van der Waals surface area contributed by atoms with Crippen molar-refractivity contribution in [2.45, 2.75) is 49.2 Å². The Labute approximate surface area is 88.5 Å². The van der Waals surface area contributed by atoms with Crippen LogP contribution in [0, 0.1) is 0 Å². The molecule has 0 aromatic carbocycles. The molecule has 1 aliphatic rings. The molecule has 0 heterocycles. The van der Waals surface area contributed by atoms with Gasteiger partial charge in [0, 0.05) is 10.4 Å². The van der Waals surface area contributed by atoms with Gasteiger partial charge in [0.05, 0.1) is 5.25 Å². The average molecular weight is 270 g/mol. The van der Waals surface area contributed by atoms with Crippen LogP contribution in [-0.4, -0.2) is 24.0 Å². The van der Waals surface area contributed by atoms with Gasteiger partial charge in [-0.1, -0.05) is 22.9 Å². The lowest BCUT2D eigenvalue weighted by atomic mass is 10.0. The molecule has 0 radical (unpaired) electrons. The van der Waals surface area contributed by atoms with Crippen LogP contribution in [0.1, 0.15) is 33.6 Å². The molecule has 1 N–H and O–H groups in total. The maximum absolute atomic E-state index is 11.6. The number of hydrogen-bond donors (Lipinski definition) is 1. The van der Waals surface area contributed by atoms with Gasteiger partial charge >= 0.3 is 0 Å². The molecule has 0 spiro atoms. The van der Waals surface area contributed by atoms with Crippen LogP contribution in [0.5, 0.6) is 0 Å². The van der Waals surface area contributed by atoms with E-state index in [4.69, 9.17) is 0 Å². The molecule has 1 atom stereocenters. The van der Waals surface area contributed by atoms with Gasteiger partial charge in [-0.15, -0.1) is 0 Å². The standard InChI is InChI=1S/C8H16BrNO2S/c1-6(9)8(2,3)10-13(11,12)7-4-5-7/h6-7,10H,4-5H2,1-3H3. The summed E-state index contributed by atoms with van der Waals surface area (Å²) in [5.74, 6) is 0. The second-order valence-corrected chi connectivity index (χ2v) is 7.52. The van der Waals surface area contributed by atoms with Crippen LogP contribution in [0.2, 0.25) is 0 Å². The van der Waals surface area contributed by atoms with Crippen LogP contribution < -0.4 is 4.72 Å². The van der Waals surface area contributed by atoms with Crippen molar-refractivity contribution in [2.24, 2.45) is 0 Å². The van der Waals surface area contributed by atoms with Gasteiger partial charge in [0.2, 0.25) is 10.0 Å². The highest BCUT2D eigenvalue weighted by molar-refractivity contribution is 9.09. The van der Waals surface area contributed by atoms with E-state index >= 15 is 0 Å². The van der Waals surface area contributed by atoms with Crippen LogP contribution in [0.25, 0.3) is 0 Å². The molecule has 5 heteroatoms. The molecule has 0 bridgehead atoms. The van der Waals surface area contributed by atoms with E-state index in [-0.39, 0.29) is 10.1 Å². The van der Waals surface area contributed by atoms with E-state index in [1.807, 2.05) is 20.8 Å². The molecular formula is C8H16BrNO2S. The van der Waals surface area contributed by atoms with Crippen LogP contribution in [0.3, 0.4) is 0 Å². The smallest absolute Gasteiger partial charge is 0.212 e. The first kappa shape index (κ1) is 11.5. The van der Waals surface area contributed by atoms with Crippen molar-refractivity contribution >= 4 is 26.0 Å². The average Bonchev–Trinajstić information content (AvgIpc) is 2.63. The van der Waals surface area contributed by atoms with E-state index in [1.54, 1.807) is 0 Å². The zero-order valence-corrected chi connectivity index (χ0v) is 10.6. The van der Waals surface area contributed by atoms with Gasteiger partial charge in [-0.2, -0.15) is 0 Å². The summed E-state index contributed by atoms with van der Waals surface area (Å²) < 4.78 is 25.9. The van der Waals surface area contributed by atoms with E-state index in [0.29, 0.717) is 0 Å². The summed E-state index contributed by atoms with van der Waals surface area (Å²) in [6, 6.07) is 0. The fourth-order valence-electron chi connectivity index (χ4n) is 0.910. The van der Waals surface area contributed by atoms with Crippen molar-refractivity contribution in [3.05, 3.63) is 0 Å². The molecule has 0 saturated heterocycles. The van der Waals surface area contributed by atoms with Gasteiger partial charge in [0.25, 0.3) is 0 Å². The quantitative estimate of drug-likeness (QED) is 0.789. The first-order valence-electron chi connectivity index (χ1n) is 4.42. The molecule has 1 aliphatic carbocycles. The SMILES string of the molecule is CC(Br)C(C)(C)NS(=O)(=O)C1CC1. The highest BCUT2D eigenvalue weighted by Gasteiger charge is 2.39. The number of nitrogens with one attached hydrogen (secondary N) is 1. The Morgan fingerprint density at radius 1 is 1.46 bits per heavy atom. The zero-order valence-electron chi connectivity index (χ0n) is 8.17. The summed E-state index contributed by atoms with van der Waals surface area (Å²) in [6.07, 6.45) is 1.62. The lowest BCUT2D eigenvalue weighted by Crippen LogP contribution is -2.49. The number of halogens is 1. The second kappa shape index (κ2) is 3.51. The Morgan fingerprint density at radius 3 is 2.23 bits per heavy atom. The highest BCUT2D eigenvalue weighted by Crippen LogP contribution is 2.29. The fraction of sp³-hybridized carbons (Fsp3) is 1.00. The minimum absolute atomic E-state index is 0.119. The molecule has 78 valence electrons. The maximum atomic E-state index is 11.6. The normalized spacial score (nSPS) is 21.5. The van der Waals surface area contributed by atoms with Crippen molar-refractivity contribution in [3.63, 3.8) is 0 Å². The Balaban J connectivity index is 2.66. The molecule has 1 fully saturated rings.